The summed E-state index contributed by atoms with van der Waals surface area (Å²) in [6, 6.07) is 9.25. The second-order valence-electron chi connectivity index (χ2n) is 6.74. The highest BCUT2D eigenvalue weighted by atomic mass is 16.5. The number of rotatable bonds is 4. The first-order chi connectivity index (χ1) is 12.7. The molecule has 1 aromatic heterocycles. The number of nitrogens with zero attached hydrogens (tertiary/aromatic N) is 1. The number of para-hydroxylation sites is 1. The predicted molar refractivity (Wildman–Crippen MR) is 102 cm³/mol. The molecule has 0 spiro atoms. The van der Waals surface area contributed by atoms with E-state index in [2.05, 4.69) is 4.90 Å². The van der Waals surface area contributed by atoms with Crippen LogP contribution in [0.25, 0.3) is 21.9 Å². The molecule has 1 aliphatic heterocycles. The number of fused-ring (bicyclic) bond motifs is 2. The number of hydrogen-bond acceptors (Lipinski definition) is 5. The molecule has 0 radical (unpaired) electrons. The van der Waals surface area contributed by atoms with E-state index >= 15 is 0 Å². The van der Waals surface area contributed by atoms with E-state index in [-0.39, 0.29) is 5.43 Å². The second-order valence-corrected chi connectivity index (χ2v) is 6.74. The standard InChI is InChI=1S/C21H23NO4/c1-24-17-12-14(13-22-10-6-3-7-11-22)18-19(23)15-8-4-5-9-16(15)26-21(18)20(17)25-2/h4-5,8-9,12H,3,6-7,10-11,13H2,1-2H3. The van der Waals surface area contributed by atoms with Crippen molar-refractivity contribution in [2.45, 2.75) is 25.8 Å². The fourth-order valence-electron chi connectivity index (χ4n) is 3.83. The second kappa shape index (κ2) is 7.00. The Labute approximate surface area is 152 Å². The summed E-state index contributed by atoms with van der Waals surface area (Å²) < 4.78 is 17.1. The molecule has 136 valence electrons. The van der Waals surface area contributed by atoms with Gasteiger partial charge in [0.15, 0.2) is 11.3 Å². The van der Waals surface area contributed by atoms with Crippen LogP contribution in [0.2, 0.25) is 0 Å². The fourth-order valence-corrected chi connectivity index (χ4v) is 3.83. The van der Waals surface area contributed by atoms with Crippen LogP contribution in [0.15, 0.2) is 39.5 Å². The number of benzene rings is 2. The van der Waals surface area contributed by atoms with Gasteiger partial charge < -0.3 is 13.9 Å². The molecule has 3 aromatic rings. The zero-order valence-electron chi connectivity index (χ0n) is 15.2. The van der Waals surface area contributed by atoms with Crippen LogP contribution < -0.4 is 14.9 Å². The maximum atomic E-state index is 13.2. The summed E-state index contributed by atoms with van der Waals surface area (Å²) in [5.41, 5.74) is 1.93. The molecule has 1 aliphatic rings. The zero-order chi connectivity index (χ0) is 18.1. The van der Waals surface area contributed by atoms with Gasteiger partial charge in [-0.25, -0.2) is 0 Å². The largest absolute Gasteiger partial charge is 0.493 e. The first kappa shape index (κ1) is 16.9. The smallest absolute Gasteiger partial charge is 0.204 e. The van der Waals surface area contributed by atoms with Crippen LogP contribution in [0.1, 0.15) is 24.8 Å². The van der Waals surface area contributed by atoms with Crippen molar-refractivity contribution < 1.29 is 13.9 Å². The molecule has 2 heterocycles. The Kier molecular flexibility index (Phi) is 4.55. The lowest BCUT2D eigenvalue weighted by atomic mass is 10.0. The third-order valence-electron chi connectivity index (χ3n) is 5.12. The van der Waals surface area contributed by atoms with Gasteiger partial charge >= 0.3 is 0 Å². The number of hydrogen-bond donors (Lipinski definition) is 0. The highest BCUT2D eigenvalue weighted by Gasteiger charge is 2.22. The van der Waals surface area contributed by atoms with Gasteiger partial charge in [-0.3, -0.25) is 9.69 Å². The van der Waals surface area contributed by atoms with E-state index in [0.29, 0.717) is 40.0 Å². The van der Waals surface area contributed by atoms with Crippen molar-refractivity contribution in [1.82, 2.24) is 4.90 Å². The van der Waals surface area contributed by atoms with Crippen LogP contribution in [-0.2, 0) is 6.54 Å². The monoisotopic (exact) mass is 353 g/mol. The summed E-state index contributed by atoms with van der Waals surface area (Å²) in [6.45, 7) is 2.81. The van der Waals surface area contributed by atoms with E-state index in [1.54, 1.807) is 20.3 Å². The lowest BCUT2D eigenvalue weighted by Gasteiger charge is -2.27. The van der Waals surface area contributed by atoms with Crippen molar-refractivity contribution in [3.05, 3.63) is 46.1 Å². The van der Waals surface area contributed by atoms with Gasteiger partial charge in [-0.05, 0) is 49.7 Å². The molecule has 1 fully saturated rings. The molecule has 0 saturated carbocycles. The Bertz CT molecular complexity index is 1000. The average molecular weight is 353 g/mol. The third-order valence-corrected chi connectivity index (χ3v) is 5.12. The molecule has 0 unspecified atom stereocenters. The van der Waals surface area contributed by atoms with Gasteiger partial charge in [-0.1, -0.05) is 18.6 Å². The van der Waals surface area contributed by atoms with Crippen LogP contribution in [0.5, 0.6) is 11.5 Å². The quantitative estimate of drug-likeness (QED) is 0.665. The molecule has 4 rings (SSSR count). The molecule has 0 N–H and O–H groups in total. The summed E-state index contributed by atoms with van der Waals surface area (Å²) in [5.74, 6) is 1.05. The Morgan fingerprint density at radius 2 is 1.85 bits per heavy atom. The van der Waals surface area contributed by atoms with Crippen LogP contribution in [0, 0.1) is 0 Å². The average Bonchev–Trinajstić information content (AvgIpc) is 2.68. The van der Waals surface area contributed by atoms with Crippen LogP contribution in [0.3, 0.4) is 0 Å². The molecular weight excluding hydrogens is 330 g/mol. The van der Waals surface area contributed by atoms with Gasteiger partial charge in [0.25, 0.3) is 0 Å². The van der Waals surface area contributed by atoms with E-state index in [1.807, 2.05) is 24.3 Å². The fraction of sp³-hybridized carbons (Fsp3) is 0.381. The van der Waals surface area contributed by atoms with E-state index in [4.69, 9.17) is 13.9 Å². The highest BCUT2D eigenvalue weighted by Crippen LogP contribution is 2.38. The summed E-state index contributed by atoms with van der Waals surface area (Å²) in [7, 11) is 3.17. The molecular formula is C21H23NO4. The summed E-state index contributed by atoms with van der Waals surface area (Å²) in [5, 5.41) is 1.18. The summed E-state index contributed by atoms with van der Waals surface area (Å²) >= 11 is 0. The Hall–Kier alpha value is -2.53. The lowest BCUT2D eigenvalue weighted by molar-refractivity contribution is 0.221. The zero-order valence-corrected chi connectivity index (χ0v) is 15.2. The molecule has 5 heteroatoms. The molecule has 0 amide bonds. The molecule has 2 aromatic carbocycles. The Morgan fingerprint density at radius 1 is 1.08 bits per heavy atom. The van der Waals surface area contributed by atoms with Crippen molar-refractivity contribution in [3.8, 4) is 11.5 Å². The molecule has 0 bridgehead atoms. The summed E-state index contributed by atoms with van der Waals surface area (Å²) in [4.78, 5) is 15.6. The van der Waals surface area contributed by atoms with E-state index in [1.165, 1.54) is 19.3 Å². The minimum absolute atomic E-state index is 0.0187. The van der Waals surface area contributed by atoms with Gasteiger partial charge in [0, 0.05) is 6.54 Å². The highest BCUT2D eigenvalue weighted by molar-refractivity contribution is 5.95. The predicted octanol–water partition coefficient (Wildman–Crippen LogP) is 3.95. The minimum atomic E-state index is -0.0187. The molecule has 5 nitrogen and oxygen atoms in total. The van der Waals surface area contributed by atoms with Gasteiger partial charge in [0.1, 0.15) is 5.58 Å². The van der Waals surface area contributed by atoms with Gasteiger partial charge in [-0.15, -0.1) is 0 Å². The number of methoxy groups -OCH3 is 2. The van der Waals surface area contributed by atoms with Crippen LogP contribution in [0.4, 0.5) is 0 Å². The summed E-state index contributed by atoms with van der Waals surface area (Å²) in [6.07, 6.45) is 3.67. The maximum Gasteiger partial charge on any atom is 0.204 e. The van der Waals surface area contributed by atoms with Crippen LogP contribution in [-0.4, -0.2) is 32.2 Å². The Morgan fingerprint density at radius 3 is 2.58 bits per heavy atom. The van der Waals surface area contributed by atoms with E-state index in [9.17, 15) is 4.79 Å². The van der Waals surface area contributed by atoms with Gasteiger partial charge in [0.05, 0.1) is 25.0 Å². The first-order valence-corrected chi connectivity index (χ1v) is 9.04. The lowest BCUT2D eigenvalue weighted by Crippen LogP contribution is -2.29. The van der Waals surface area contributed by atoms with E-state index < -0.39 is 0 Å². The third kappa shape index (κ3) is 2.82. The molecule has 0 aliphatic carbocycles. The van der Waals surface area contributed by atoms with Gasteiger partial charge in [-0.2, -0.15) is 0 Å². The topological polar surface area (TPSA) is 51.9 Å². The van der Waals surface area contributed by atoms with Crippen molar-refractivity contribution >= 4 is 21.9 Å². The SMILES string of the molecule is COc1cc(CN2CCCCC2)c2c(=O)c3ccccc3oc2c1OC. The molecule has 26 heavy (non-hydrogen) atoms. The number of ether oxygens (including phenoxy) is 2. The normalized spacial score (nSPS) is 15.5. The van der Waals surface area contributed by atoms with Crippen molar-refractivity contribution in [2.75, 3.05) is 27.3 Å². The number of piperidine rings is 1. The van der Waals surface area contributed by atoms with Gasteiger partial charge in [0.2, 0.25) is 11.2 Å². The maximum absolute atomic E-state index is 13.2. The minimum Gasteiger partial charge on any atom is -0.493 e. The number of likely N-dealkylation sites (tertiary alicyclic amines) is 1. The van der Waals surface area contributed by atoms with Crippen molar-refractivity contribution in [3.63, 3.8) is 0 Å². The van der Waals surface area contributed by atoms with Crippen LogP contribution >= 0.6 is 0 Å². The van der Waals surface area contributed by atoms with Crippen molar-refractivity contribution in [1.29, 1.82) is 0 Å². The molecule has 0 atom stereocenters. The van der Waals surface area contributed by atoms with Crippen molar-refractivity contribution in [2.24, 2.45) is 0 Å². The molecule has 1 saturated heterocycles. The van der Waals surface area contributed by atoms with E-state index in [0.717, 1.165) is 18.7 Å². The Balaban J connectivity index is 2.00. The first-order valence-electron chi connectivity index (χ1n) is 9.04.